The average molecular weight is 276 g/mol. The van der Waals surface area contributed by atoms with Crippen molar-refractivity contribution in [2.24, 2.45) is 0 Å². The van der Waals surface area contributed by atoms with Crippen LogP contribution in [0.15, 0.2) is 0 Å². The minimum absolute atomic E-state index is 0.0765. The molecule has 0 aromatic carbocycles. The van der Waals surface area contributed by atoms with Crippen LogP contribution in [0.1, 0.15) is 32.1 Å². The molecule has 0 saturated carbocycles. The van der Waals surface area contributed by atoms with E-state index in [4.69, 9.17) is 4.74 Å². The maximum absolute atomic E-state index is 12.2. The summed E-state index contributed by atoms with van der Waals surface area (Å²) in [5.41, 5.74) is 0. The van der Waals surface area contributed by atoms with Crippen LogP contribution >= 0.6 is 0 Å². The Morgan fingerprint density at radius 2 is 2.17 bits per heavy atom. The first-order chi connectivity index (χ1) is 8.62. The maximum Gasteiger partial charge on any atom is 0.214 e. The fourth-order valence-electron chi connectivity index (χ4n) is 2.73. The zero-order valence-electron chi connectivity index (χ0n) is 11.1. The Morgan fingerprint density at radius 1 is 1.33 bits per heavy atom. The zero-order valence-corrected chi connectivity index (χ0v) is 11.9. The summed E-state index contributed by atoms with van der Waals surface area (Å²) in [7, 11) is -1.44. The summed E-state index contributed by atoms with van der Waals surface area (Å²) in [6.45, 7) is 2.16. The van der Waals surface area contributed by atoms with E-state index in [1.54, 1.807) is 11.4 Å². The number of nitrogens with zero attached hydrogens (tertiary/aromatic N) is 1. The van der Waals surface area contributed by atoms with E-state index >= 15 is 0 Å². The van der Waals surface area contributed by atoms with Gasteiger partial charge in [0.05, 0.1) is 11.9 Å². The van der Waals surface area contributed by atoms with Gasteiger partial charge in [0, 0.05) is 26.2 Å². The molecule has 0 aromatic heterocycles. The lowest BCUT2D eigenvalue weighted by atomic mass is 10.0. The molecule has 2 aliphatic heterocycles. The van der Waals surface area contributed by atoms with E-state index in [0.717, 1.165) is 25.8 Å². The monoisotopic (exact) mass is 276 g/mol. The molecule has 2 saturated heterocycles. The lowest BCUT2D eigenvalue weighted by Gasteiger charge is -2.24. The number of rotatable bonds is 5. The van der Waals surface area contributed by atoms with Crippen molar-refractivity contribution >= 4 is 10.0 Å². The van der Waals surface area contributed by atoms with Gasteiger partial charge in [-0.2, -0.15) is 4.31 Å². The quantitative estimate of drug-likeness (QED) is 0.797. The van der Waals surface area contributed by atoms with Gasteiger partial charge in [0.2, 0.25) is 10.0 Å². The molecule has 0 aromatic rings. The van der Waals surface area contributed by atoms with Gasteiger partial charge < -0.3 is 10.1 Å². The second kappa shape index (κ2) is 6.32. The number of hydrogen-bond donors (Lipinski definition) is 1. The fourth-order valence-corrected chi connectivity index (χ4v) is 4.35. The molecule has 106 valence electrons. The molecule has 2 heterocycles. The van der Waals surface area contributed by atoms with Crippen LogP contribution in [0.4, 0.5) is 0 Å². The van der Waals surface area contributed by atoms with E-state index in [0.29, 0.717) is 19.1 Å². The number of piperidine rings is 1. The molecule has 0 amide bonds. The van der Waals surface area contributed by atoms with Gasteiger partial charge in [-0.1, -0.05) is 6.42 Å². The number of methoxy groups -OCH3 is 1. The molecule has 2 atom stereocenters. The lowest BCUT2D eigenvalue weighted by molar-refractivity contribution is 0.115. The Kier molecular flexibility index (Phi) is 5.00. The third-order valence-electron chi connectivity index (χ3n) is 3.97. The molecule has 0 radical (unpaired) electrons. The number of sulfonamides is 1. The van der Waals surface area contributed by atoms with Crippen molar-refractivity contribution in [2.75, 3.05) is 32.5 Å². The Bertz CT molecular complexity index is 352. The van der Waals surface area contributed by atoms with Crippen LogP contribution in [0.3, 0.4) is 0 Å². The van der Waals surface area contributed by atoms with Crippen LogP contribution in [0.5, 0.6) is 0 Å². The summed E-state index contributed by atoms with van der Waals surface area (Å²) in [5.74, 6) is 0.265. The van der Waals surface area contributed by atoms with Gasteiger partial charge in [0.1, 0.15) is 0 Å². The topological polar surface area (TPSA) is 58.6 Å². The van der Waals surface area contributed by atoms with Gasteiger partial charge in [-0.05, 0) is 32.2 Å². The van der Waals surface area contributed by atoms with Crippen molar-refractivity contribution in [1.82, 2.24) is 9.62 Å². The van der Waals surface area contributed by atoms with Gasteiger partial charge >= 0.3 is 0 Å². The highest BCUT2D eigenvalue weighted by atomic mass is 32.2. The van der Waals surface area contributed by atoms with Gasteiger partial charge in [-0.25, -0.2) is 8.42 Å². The first kappa shape index (κ1) is 14.2. The summed E-state index contributed by atoms with van der Waals surface area (Å²) in [4.78, 5) is 0. The van der Waals surface area contributed by atoms with Crippen LogP contribution in [0.25, 0.3) is 0 Å². The van der Waals surface area contributed by atoms with E-state index in [9.17, 15) is 8.42 Å². The Morgan fingerprint density at radius 3 is 2.78 bits per heavy atom. The molecule has 2 aliphatic rings. The highest BCUT2D eigenvalue weighted by Crippen LogP contribution is 2.18. The molecule has 6 heteroatoms. The first-order valence-corrected chi connectivity index (χ1v) is 8.47. The third kappa shape index (κ3) is 3.66. The molecular weight excluding hydrogens is 252 g/mol. The van der Waals surface area contributed by atoms with E-state index in [2.05, 4.69) is 5.32 Å². The largest absolute Gasteiger partial charge is 0.380 e. The summed E-state index contributed by atoms with van der Waals surface area (Å²) in [6.07, 6.45) is 5.16. The van der Waals surface area contributed by atoms with E-state index in [-0.39, 0.29) is 11.9 Å². The van der Waals surface area contributed by atoms with Crippen molar-refractivity contribution in [3.05, 3.63) is 0 Å². The number of ether oxygens (including phenoxy) is 1. The molecule has 2 fully saturated rings. The maximum atomic E-state index is 12.2. The number of nitrogens with one attached hydrogen (secondary N) is 1. The average Bonchev–Trinajstić information content (AvgIpc) is 2.87. The normalized spacial score (nSPS) is 30.7. The zero-order chi connectivity index (χ0) is 13.0. The van der Waals surface area contributed by atoms with Crippen LogP contribution in [-0.4, -0.2) is 57.4 Å². The Balaban J connectivity index is 1.80. The molecule has 0 aliphatic carbocycles. The van der Waals surface area contributed by atoms with Crippen LogP contribution in [-0.2, 0) is 14.8 Å². The summed E-state index contributed by atoms with van der Waals surface area (Å²) in [6, 6.07) is 0.384. The smallest absolute Gasteiger partial charge is 0.214 e. The molecule has 2 rings (SSSR count). The van der Waals surface area contributed by atoms with Crippen LogP contribution in [0, 0.1) is 0 Å². The SMILES string of the molecule is COC1CCN(S(=O)(=O)CCC2CCCCN2)C1. The minimum atomic E-state index is -3.09. The third-order valence-corrected chi connectivity index (χ3v) is 5.84. The summed E-state index contributed by atoms with van der Waals surface area (Å²) >= 11 is 0. The number of hydrogen-bond acceptors (Lipinski definition) is 4. The second-order valence-corrected chi connectivity index (χ2v) is 7.34. The van der Waals surface area contributed by atoms with Crippen LogP contribution in [0.2, 0.25) is 0 Å². The van der Waals surface area contributed by atoms with Gasteiger partial charge in [0.25, 0.3) is 0 Å². The lowest BCUT2D eigenvalue weighted by Crippen LogP contribution is -2.38. The second-order valence-electron chi connectivity index (χ2n) is 5.26. The van der Waals surface area contributed by atoms with E-state index < -0.39 is 10.0 Å². The molecule has 0 bridgehead atoms. The first-order valence-electron chi connectivity index (χ1n) is 6.86. The van der Waals surface area contributed by atoms with Gasteiger partial charge in [-0.3, -0.25) is 0 Å². The molecular formula is C12H24N2O3S. The van der Waals surface area contributed by atoms with Crippen molar-refractivity contribution < 1.29 is 13.2 Å². The molecule has 5 nitrogen and oxygen atoms in total. The Labute approximate surface area is 110 Å². The van der Waals surface area contributed by atoms with Gasteiger partial charge in [0.15, 0.2) is 0 Å². The van der Waals surface area contributed by atoms with Crippen molar-refractivity contribution in [1.29, 1.82) is 0 Å². The van der Waals surface area contributed by atoms with E-state index in [1.165, 1.54) is 12.8 Å². The summed E-state index contributed by atoms with van der Waals surface area (Å²) in [5, 5.41) is 3.39. The van der Waals surface area contributed by atoms with Crippen molar-refractivity contribution in [3.8, 4) is 0 Å². The van der Waals surface area contributed by atoms with Crippen molar-refractivity contribution in [3.63, 3.8) is 0 Å². The minimum Gasteiger partial charge on any atom is -0.380 e. The van der Waals surface area contributed by atoms with E-state index in [1.807, 2.05) is 0 Å². The molecule has 2 unspecified atom stereocenters. The van der Waals surface area contributed by atoms with Crippen molar-refractivity contribution in [2.45, 2.75) is 44.2 Å². The van der Waals surface area contributed by atoms with Gasteiger partial charge in [-0.15, -0.1) is 0 Å². The molecule has 1 N–H and O–H groups in total. The highest BCUT2D eigenvalue weighted by molar-refractivity contribution is 7.89. The standard InChI is InChI=1S/C12H24N2O3S/c1-17-12-5-8-14(10-12)18(15,16)9-6-11-4-2-3-7-13-11/h11-13H,2-10H2,1H3. The molecule has 18 heavy (non-hydrogen) atoms. The highest BCUT2D eigenvalue weighted by Gasteiger charge is 2.31. The fraction of sp³-hybridized carbons (Fsp3) is 1.00. The predicted molar refractivity (Wildman–Crippen MR) is 71.0 cm³/mol. The molecule has 0 spiro atoms. The van der Waals surface area contributed by atoms with Crippen LogP contribution < -0.4 is 5.32 Å². The Hall–Kier alpha value is -0.170. The predicted octanol–water partition coefficient (Wildman–Crippen LogP) is 0.569. The summed E-state index contributed by atoms with van der Waals surface area (Å²) < 4.78 is 31.2.